The first-order chi connectivity index (χ1) is 7.18. The van der Waals surface area contributed by atoms with Gasteiger partial charge in [-0.3, -0.25) is 0 Å². The van der Waals surface area contributed by atoms with Crippen molar-refractivity contribution in [1.29, 1.82) is 0 Å². The zero-order valence-electron chi connectivity index (χ0n) is 9.12. The summed E-state index contributed by atoms with van der Waals surface area (Å²) >= 11 is 0. The van der Waals surface area contributed by atoms with Gasteiger partial charge in [0, 0.05) is 6.04 Å². The van der Waals surface area contributed by atoms with E-state index in [0.29, 0.717) is 6.04 Å². The summed E-state index contributed by atoms with van der Waals surface area (Å²) in [6, 6.07) is 0.211. The van der Waals surface area contributed by atoms with Crippen LogP contribution in [0.1, 0.15) is 25.7 Å². The van der Waals surface area contributed by atoms with Gasteiger partial charge in [0.15, 0.2) is 0 Å². The first-order valence-corrected chi connectivity index (χ1v) is 5.67. The summed E-state index contributed by atoms with van der Waals surface area (Å²) in [7, 11) is 0. The highest BCUT2D eigenvalue weighted by Crippen LogP contribution is 2.21. The zero-order valence-corrected chi connectivity index (χ0v) is 9.94. The Morgan fingerprint density at radius 3 is 2.19 bits per heavy atom. The summed E-state index contributed by atoms with van der Waals surface area (Å²) < 4.78 is 0. The van der Waals surface area contributed by atoms with Gasteiger partial charge in [-0.2, -0.15) is 0 Å². The van der Waals surface area contributed by atoms with Crippen LogP contribution in [0.15, 0.2) is 12.2 Å². The van der Waals surface area contributed by atoms with Gasteiger partial charge in [0.05, 0.1) is 6.04 Å². The van der Waals surface area contributed by atoms with Gasteiger partial charge < -0.3 is 20.6 Å². The van der Waals surface area contributed by atoms with Crippen LogP contribution in [0.25, 0.3) is 0 Å². The van der Waals surface area contributed by atoms with Gasteiger partial charge in [-0.15, -0.1) is 12.4 Å². The molecule has 0 bridgehead atoms. The number of hydrogen-bond donors (Lipinski definition) is 4. The van der Waals surface area contributed by atoms with Crippen molar-refractivity contribution in [2.45, 2.75) is 56.1 Å². The minimum absolute atomic E-state index is 0. The van der Waals surface area contributed by atoms with Crippen molar-refractivity contribution in [2.75, 3.05) is 0 Å². The van der Waals surface area contributed by atoms with Crippen molar-refractivity contribution < 1.29 is 15.3 Å². The summed E-state index contributed by atoms with van der Waals surface area (Å²) in [5, 5.41) is 31.9. The van der Waals surface area contributed by atoms with Crippen molar-refractivity contribution in [3.8, 4) is 0 Å². The highest BCUT2D eigenvalue weighted by atomic mass is 35.5. The summed E-state index contributed by atoms with van der Waals surface area (Å²) in [4.78, 5) is 0. The van der Waals surface area contributed by atoms with Crippen LogP contribution in [0.5, 0.6) is 0 Å². The maximum Gasteiger partial charge on any atom is 0.111 e. The third-order valence-corrected chi connectivity index (χ3v) is 3.37. The van der Waals surface area contributed by atoms with Gasteiger partial charge >= 0.3 is 0 Å². The fourth-order valence-electron chi connectivity index (χ4n) is 2.39. The maximum absolute atomic E-state index is 9.74. The normalized spacial score (nSPS) is 39.7. The van der Waals surface area contributed by atoms with Crippen LogP contribution in [-0.2, 0) is 0 Å². The molecule has 94 valence electrons. The molecular weight excluding hydrogens is 230 g/mol. The summed E-state index contributed by atoms with van der Waals surface area (Å²) in [6.07, 6.45) is 5.10. The molecule has 0 aliphatic heterocycles. The number of nitrogens with one attached hydrogen (secondary N) is 1. The van der Waals surface area contributed by atoms with Crippen molar-refractivity contribution in [3.05, 3.63) is 12.2 Å². The summed E-state index contributed by atoms with van der Waals surface area (Å²) in [5.74, 6) is 0. The van der Waals surface area contributed by atoms with Crippen LogP contribution in [0.2, 0.25) is 0 Å². The van der Waals surface area contributed by atoms with Gasteiger partial charge in [0.2, 0.25) is 0 Å². The Kier molecular flexibility index (Phi) is 5.21. The summed E-state index contributed by atoms with van der Waals surface area (Å²) in [5.41, 5.74) is 0. The third kappa shape index (κ3) is 2.96. The molecule has 1 saturated carbocycles. The second-order valence-electron chi connectivity index (χ2n) is 4.53. The minimum atomic E-state index is -1.08. The Bertz CT molecular complexity index is 243. The van der Waals surface area contributed by atoms with E-state index in [9.17, 15) is 15.3 Å². The molecule has 4 N–H and O–H groups in total. The molecule has 0 amide bonds. The van der Waals surface area contributed by atoms with Crippen LogP contribution in [0.3, 0.4) is 0 Å². The van der Waals surface area contributed by atoms with Gasteiger partial charge in [-0.1, -0.05) is 25.0 Å². The van der Waals surface area contributed by atoms with Gasteiger partial charge in [0.1, 0.15) is 18.3 Å². The first-order valence-electron chi connectivity index (χ1n) is 5.67. The van der Waals surface area contributed by atoms with E-state index in [2.05, 4.69) is 5.32 Å². The monoisotopic (exact) mass is 249 g/mol. The number of aliphatic hydroxyl groups excluding tert-OH is 3. The van der Waals surface area contributed by atoms with E-state index >= 15 is 0 Å². The molecule has 0 spiro atoms. The smallest absolute Gasteiger partial charge is 0.111 e. The van der Waals surface area contributed by atoms with E-state index in [0.717, 1.165) is 12.8 Å². The van der Waals surface area contributed by atoms with Gasteiger partial charge in [-0.25, -0.2) is 0 Å². The molecule has 1 fully saturated rings. The maximum atomic E-state index is 9.74. The Labute approximate surface area is 102 Å². The second kappa shape index (κ2) is 5.98. The number of rotatable bonds is 2. The quantitative estimate of drug-likeness (QED) is 0.519. The van der Waals surface area contributed by atoms with E-state index < -0.39 is 18.3 Å². The van der Waals surface area contributed by atoms with Gasteiger partial charge in [0.25, 0.3) is 0 Å². The number of aliphatic hydroxyl groups is 3. The van der Waals surface area contributed by atoms with Crippen molar-refractivity contribution in [2.24, 2.45) is 0 Å². The SMILES string of the molecule is Cl.O[C@H]1[C@H](O)[C@@H](NC2CCCC2)C=C[C@H]1O. The van der Waals surface area contributed by atoms with Gasteiger partial charge in [-0.05, 0) is 12.8 Å². The molecule has 16 heavy (non-hydrogen) atoms. The molecule has 0 aromatic rings. The molecule has 0 unspecified atom stereocenters. The highest BCUT2D eigenvalue weighted by molar-refractivity contribution is 5.85. The topological polar surface area (TPSA) is 72.7 Å². The molecular formula is C11H20ClNO3. The third-order valence-electron chi connectivity index (χ3n) is 3.37. The lowest BCUT2D eigenvalue weighted by atomic mass is 9.93. The average Bonchev–Trinajstić information content (AvgIpc) is 2.72. The predicted molar refractivity (Wildman–Crippen MR) is 63.6 cm³/mol. The highest BCUT2D eigenvalue weighted by Gasteiger charge is 2.34. The molecule has 0 radical (unpaired) electrons. The number of halogens is 1. The first kappa shape index (κ1) is 13.9. The van der Waals surface area contributed by atoms with E-state index in [1.807, 2.05) is 0 Å². The van der Waals surface area contributed by atoms with E-state index in [1.54, 1.807) is 12.2 Å². The van der Waals surface area contributed by atoms with E-state index in [-0.39, 0.29) is 18.4 Å². The van der Waals surface area contributed by atoms with Crippen molar-refractivity contribution >= 4 is 12.4 Å². The molecule has 0 aromatic carbocycles. The molecule has 2 aliphatic carbocycles. The predicted octanol–water partition coefficient (Wildman–Crippen LogP) is -0.0385. The molecule has 4 nitrogen and oxygen atoms in total. The van der Waals surface area contributed by atoms with Crippen molar-refractivity contribution in [3.63, 3.8) is 0 Å². The zero-order chi connectivity index (χ0) is 10.8. The standard InChI is InChI=1S/C11H19NO3.ClH/c13-9-6-5-8(10(14)11(9)15)12-7-3-1-2-4-7;/h5-15H,1-4H2;1H/t8-,9+,10+,11+;/m0./s1. The summed E-state index contributed by atoms with van der Waals surface area (Å²) in [6.45, 7) is 0. The molecule has 5 heteroatoms. The van der Waals surface area contributed by atoms with Crippen LogP contribution in [0.4, 0.5) is 0 Å². The average molecular weight is 250 g/mol. The lowest BCUT2D eigenvalue weighted by Crippen LogP contribution is -2.53. The van der Waals surface area contributed by atoms with Crippen LogP contribution >= 0.6 is 12.4 Å². The lowest BCUT2D eigenvalue weighted by Gasteiger charge is -2.33. The molecule has 0 saturated heterocycles. The molecule has 2 rings (SSSR count). The molecule has 2 aliphatic rings. The van der Waals surface area contributed by atoms with E-state index in [4.69, 9.17) is 0 Å². The Morgan fingerprint density at radius 2 is 1.56 bits per heavy atom. The fourth-order valence-corrected chi connectivity index (χ4v) is 2.39. The minimum Gasteiger partial charge on any atom is -0.388 e. The fraction of sp³-hybridized carbons (Fsp3) is 0.818. The largest absolute Gasteiger partial charge is 0.388 e. The van der Waals surface area contributed by atoms with Crippen LogP contribution in [0, 0.1) is 0 Å². The Morgan fingerprint density at radius 1 is 0.938 bits per heavy atom. The Hall–Kier alpha value is -0.130. The molecule has 0 aromatic heterocycles. The van der Waals surface area contributed by atoms with E-state index in [1.165, 1.54) is 12.8 Å². The molecule has 4 atom stereocenters. The lowest BCUT2D eigenvalue weighted by molar-refractivity contribution is -0.0577. The van der Waals surface area contributed by atoms with Crippen molar-refractivity contribution in [1.82, 2.24) is 5.32 Å². The Balaban J connectivity index is 0.00000128. The van der Waals surface area contributed by atoms with Crippen LogP contribution < -0.4 is 5.32 Å². The second-order valence-corrected chi connectivity index (χ2v) is 4.53. The van der Waals surface area contributed by atoms with Crippen LogP contribution in [-0.4, -0.2) is 45.7 Å². The number of hydrogen-bond acceptors (Lipinski definition) is 4. The molecule has 0 heterocycles.